The highest BCUT2D eigenvalue weighted by molar-refractivity contribution is 5.71. The molecule has 0 aromatic heterocycles. The van der Waals surface area contributed by atoms with Gasteiger partial charge in [-0.2, -0.15) is 0 Å². The number of hydrogen-bond acceptors (Lipinski definition) is 3. The average molecular weight is 206 g/mol. The molecule has 2 atom stereocenters. The molecule has 0 amide bonds. The maximum absolute atomic E-state index is 10.9. The van der Waals surface area contributed by atoms with Crippen LogP contribution in [0.1, 0.15) is 5.56 Å². The Labute approximate surface area is 88.3 Å². The number of nitrogens with one attached hydrogen (secondary N) is 2. The number of carboxylic acid groups (broad SMARTS) is 1. The quantitative estimate of drug-likeness (QED) is 0.670. The number of hydrazine groups is 1. The first-order chi connectivity index (χ1) is 7.27. The first-order valence-corrected chi connectivity index (χ1v) is 5.02. The van der Waals surface area contributed by atoms with Gasteiger partial charge in [0.15, 0.2) is 0 Å². The lowest BCUT2D eigenvalue weighted by Gasteiger charge is -2.14. The topological polar surface area (TPSA) is 61.4 Å². The van der Waals surface area contributed by atoms with Crippen molar-refractivity contribution in [2.45, 2.75) is 12.5 Å². The zero-order chi connectivity index (χ0) is 10.7. The van der Waals surface area contributed by atoms with Crippen molar-refractivity contribution in [1.82, 2.24) is 10.9 Å². The molecule has 1 aliphatic heterocycles. The highest BCUT2D eigenvalue weighted by Crippen LogP contribution is 2.13. The van der Waals surface area contributed by atoms with Gasteiger partial charge in [-0.3, -0.25) is 15.6 Å². The second-order valence-corrected chi connectivity index (χ2v) is 3.77. The number of carboxylic acids is 1. The summed E-state index contributed by atoms with van der Waals surface area (Å²) in [4.78, 5) is 10.9. The molecule has 80 valence electrons. The van der Waals surface area contributed by atoms with Crippen LogP contribution in [-0.4, -0.2) is 23.7 Å². The number of carbonyl (C=O) groups is 1. The van der Waals surface area contributed by atoms with Crippen LogP contribution in [0.5, 0.6) is 0 Å². The highest BCUT2D eigenvalue weighted by atomic mass is 16.4. The minimum absolute atomic E-state index is 0.0232. The molecule has 0 saturated carbocycles. The molecule has 1 saturated heterocycles. The minimum atomic E-state index is -0.742. The fourth-order valence-corrected chi connectivity index (χ4v) is 1.86. The SMILES string of the molecule is O=C(O)C1CNNC1Cc1ccccc1. The third-order valence-electron chi connectivity index (χ3n) is 2.71. The predicted molar refractivity (Wildman–Crippen MR) is 56.2 cm³/mol. The Hall–Kier alpha value is -1.39. The van der Waals surface area contributed by atoms with E-state index >= 15 is 0 Å². The van der Waals surface area contributed by atoms with Gasteiger partial charge in [0.05, 0.1) is 5.92 Å². The normalized spacial score (nSPS) is 25.3. The molecule has 2 rings (SSSR count). The van der Waals surface area contributed by atoms with Gasteiger partial charge in [-0.15, -0.1) is 0 Å². The van der Waals surface area contributed by atoms with Crippen LogP contribution in [0, 0.1) is 5.92 Å². The van der Waals surface area contributed by atoms with Crippen LogP contribution in [0.15, 0.2) is 30.3 Å². The first-order valence-electron chi connectivity index (χ1n) is 5.02. The van der Waals surface area contributed by atoms with Crippen molar-refractivity contribution < 1.29 is 9.90 Å². The van der Waals surface area contributed by atoms with Gasteiger partial charge in [0, 0.05) is 12.6 Å². The van der Waals surface area contributed by atoms with Crippen LogP contribution in [0.3, 0.4) is 0 Å². The van der Waals surface area contributed by atoms with E-state index in [0.717, 1.165) is 12.0 Å². The number of hydrogen-bond donors (Lipinski definition) is 3. The summed E-state index contributed by atoms with van der Waals surface area (Å²) in [5.74, 6) is -1.08. The fraction of sp³-hybridized carbons (Fsp3) is 0.364. The van der Waals surface area contributed by atoms with Crippen LogP contribution in [0.2, 0.25) is 0 Å². The van der Waals surface area contributed by atoms with E-state index < -0.39 is 5.97 Å². The second-order valence-electron chi connectivity index (χ2n) is 3.77. The predicted octanol–water partition coefficient (Wildman–Crippen LogP) is 0.406. The van der Waals surface area contributed by atoms with Crippen molar-refractivity contribution in [1.29, 1.82) is 0 Å². The molecule has 0 spiro atoms. The van der Waals surface area contributed by atoms with Gasteiger partial charge in [0.25, 0.3) is 0 Å². The summed E-state index contributed by atoms with van der Waals surface area (Å²) in [6.07, 6.45) is 0.741. The van der Waals surface area contributed by atoms with Gasteiger partial charge in [-0.05, 0) is 12.0 Å². The third kappa shape index (κ3) is 2.34. The molecule has 1 heterocycles. The van der Waals surface area contributed by atoms with Crippen molar-refractivity contribution in [3.05, 3.63) is 35.9 Å². The largest absolute Gasteiger partial charge is 0.481 e. The van der Waals surface area contributed by atoms with Gasteiger partial charge in [0.2, 0.25) is 0 Å². The Morgan fingerprint density at radius 2 is 2.13 bits per heavy atom. The number of rotatable bonds is 3. The van der Waals surface area contributed by atoms with Crippen molar-refractivity contribution in [2.24, 2.45) is 5.92 Å². The van der Waals surface area contributed by atoms with E-state index in [2.05, 4.69) is 10.9 Å². The molecule has 2 unspecified atom stereocenters. The Morgan fingerprint density at radius 1 is 1.40 bits per heavy atom. The first kappa shape index (κ1) is 10.1. The van der Waals surface area contributed by atoms with Gasteiger partial charge in [-0.25, -0.2) is 0 Å². The summed E-state index contributed by atoms with van der Waals surface area (Å²) in [5.41, 5.74) is 7.06. The lowest BCUT2D eigenvalue weighted by atomic mass is 9.96. The van der Waals surface area contributed by atoms with Crippen LogP contribution in [0.4, 0.5) is 0 Å². The Bertz CT molecular complexity index is 340. The molecule has 1 aromatic rings. The summed E-state index contributed by atoms with van der Waals surface area (Å²) >= 11 is 0. The van der Waals surface area contributed by atoms with E-state index in [1.54, 1.807) is 0 Å². The Morgan fingerprint density at radius 3 is 2.80 bits per heavy atom. The van der Waals surface area contributed by atoms with Crippen molar-refractivity contribution in [2.75, 3.05) is 6.54 Å². The molecule has 4 nitrogen and oxygen atoms in total. The molecule has 0 aliphatic carbocycles. The highest BCUT2D eigenvalue weighted by Gasteiger charge is 2.32. The molecule has 1 aliphatic rings. The van der Waals surface area contributed by atoms with E-state index in [1.165, 1.54) is 0 Å². The Balaban J connectivity index is 2.03. The van der Waals surface area contributed by atoms with Crippen molar-refractivity contribution in [3.8, 4) is 0 Å². The molecule has 1 fully saturated rings. The maximum Gasteiger partial charge on any atom is 0.309 e. The molecule has 3 N–H and O–H groups in total. The van der Waals surface area contributed by atoms with Crippen LogP contribution in [-0.2, 0) is 11.2 Å². The molecule has 15 heavy (non-hydrogen) atoms. The van der Waals surface area contributed by atoms with E-state index in [-0.39, 0.29) is 12.0 Å². The molecular formula is C11H14N2O2. The van der Waals surface area contributed by atoms with E-state index in [4.69, 9.17) is 5.11 Å². The van der Waals surface area contributed by atoms with Gasteiger partial charge in [0.1, 0.15) is 0 Å². The van der Waals surface area contributed by atoms with E-state index in [0.29, 0.717) is 6.54 Å². The van der Waals surface area contributed by atoms with Gasteiger partial charge in [-0.1, -0.05) is 30.3 Å². The van der Waals surface area contributed by atoms with Crippen molar-refractivity contribution in [3.63, 3.8) is 0 Å². The van der Waals surface area contributed by atoms with Crippen LogP contribution in [0.25, 0.3) is 0 Å². The molecule has 1 aromatic carbocycles. The number of benzene rings is 1. The zero-order valence-corrected chi connectivity index (χ0v) is 8.31. The summed E-state index contributed by atoms with van der Waals surface area (Å²) in [6.45, 7) is 0.493. The average Bonchev–Trinajstić information content (AvgIpc) is 2.67. The summed E-state index contributed by atoms with van der Waals surface area (Å²) in [6, 6.07) is 9.89. The lowest BCUT2D eigenvalue weighted by Crippen LogP contribution is -2.35. The Kier molecular flexibility index (Phi) is 2.99. The van der Waals surface area contributed by atoms with Crippen LogP contribution >= 0.6 is 0 Å². The third-order valence-corrected chi connectivity index (χ3v) is 2.71. The molecular weight excluding hydrogens is 192 g/mol. The lowest BCUT2D eigenvalue weighted by molar-refractivity contribution is -0.141. The summed E-state index contributed by atoms with van der Waals surface area (Å²) in [7, 11) is 0. The van der Waals surface area contributed by atoms with Gasteiger partial charge >= 0.3 is 5.97 Å². The van der Waals surface area contributed by atoms with Crippen molar-refractivity contribution >= 4 is 5.97 Å². The smallest absolute Gasteiger partial charge is 0.309 e. The van der Waals surface area contributed by atoms with E-state index in [9.17, 15) is 4.79 Å². The van der Waals surface area contributed by atoms with Crippen LogP contribution < -0.4 is 10.9 Å². The fourth-order valence-electron chi connectivity index (χ4n) is 1.86. The second kappa shape index (κ2) is 4.42. The monoisotopic (exact) mass is 206 g/mol. The minimum Gasteiger partial charge on any atom is -0.481 e. The summed E-state index contributed by atoms with van der Waals surface area (Å²) in [5, 5.41) is 8.98. The summed E-state index contributed by atoms with van der Waals surface area (Å²) < 4.78 is 0. The molecule has 0 bridgehead atoms. The van der Waals surface area contributed by atoms with Gasteiger partial charge < -0.3 is 5.11 Å². The zero-order valence-electron chi connectivity index (χ0n) is 8.31. The standard InChI is InChI=1S/C11H14N2O2/c14-11(15)9-7-12-13-10(9)6-8-4-2-1-3-5-8/h1-5,9-10,12-13H,6-7H2,(H,14,15). The number of aliphatic carboxylic acids is 1. The van der Waals surface area contributed by atoms with E-state index in [1.807, 2.05) is 30.3 Å². The maximum atomic E-state index is 10.9. The molecule has 0 radical (unpaired) electrons. The molecule has 4 heteroatoms.